The fourth-order valence-electron chi connectivity index (χ4n) is 3.48. The molecule has 0 bridgehead atoms. The monoisotopic (exact) mass is 796 g/mol. The average Bonchev–Trinajstić information content (AvgIpc) is 3.92. The van der Waals surface area contributed by atoms with Crippen LogP contribution in [-0.2, 0) is 40.7 Å². The molecular formula is C38H44F8O6Ti. The van der Waals surface area contributed by atoms with Gasteiger partial charge in [-0.15, -0.1) is 25.0 Å². The third-order valence-electron chi connectivity index (χ3n) is 6.16. The number of halogens is 8. The van der Waals surface area contributed by atoms with Crippen molar-refractivity contribution in [1.29, 1.82) is 0 Å². The molecule has 0 atom stereocenters. The van der Waals surface area contributed by atoms with E-state index in [-0.39, 0.29) is 48.1 Å². The molecule has 0 saturated heterocycles. The van der Waals surface area contributed by atoms with E-state index < -0.39 is 58.0 Å². The third-order valence-corrected chi connectivity index (χ3v) is 6.16. The third kappa shape index (κ3) is 22.7. The maximum atomic E-state index is 13.2. The van der Waals surface area contributed by atoms with Gasteiger partial charge in [0, 0.05) is 13.2 Å². The molecule has 0 unspecified atom stereocenters. The molecular weight excluding hydrogens is 752 g/mol. The van der Waals surface area contributed by atoms with E-state index in [1.54, 1.807) is 0 Å². The Labute approximate surface area is 321 Å². The summed E-state index contributed by atoms with van der Waals surface area (Å²) in [6, 6.07) is 2.54. The zero-order valence-electron chi connectivity index (χ0n) is 29.8. The molecule has 0 saturated carbocycles. The van der Waals surface area contributed by atoms with E-state index in [1.165, 1.54) is 12.1 Å². The van der Waals surface area contributed by atoms with Gasteiger partial charge in [0.1, 0.15) is 13.2 Å². The molecule has 0 heterocycles. The van der Waals surface area contributed by atoms with Crippen molar-refractivity contribution in [2.75, 3.05) is 66.1 Å². The number of rotatable bonds is 20. The summed E-state index contributed by atoms with van der Waals surface area (Å²) in [5.41, 5.74) is 0. The fraction of sp³-hybridized carbons (Fsp3) is 0.474. The van der Waals surface area contributed by atoms with Crippen molar-refractivity contribution in [3.05, 3.63) is 107 Å². The van der Waals surface area contributed by atoms with Crippen molar-refractivity contribution in [3.8, 4) is 11.5 Å². The van der Waals surface area contributed by atoms with Crippen LogP contribution in [-0.4, -0.2) is 66.1 Å². The van der Waals surface area contributed by atoms with Crippen molar-refractivity contribution < 1.29 is 85.3 Å². The minimum Gasteiger partial charge on any atom is -0.511 e. The molecule has 0 radical (unpaired) electrons. The van der Waals surface area contributed by atoms with Crippen LogP contribution < -0.4 is 9.47 Å². The molecule has 4 rings (SSSR count). The van der Waals surface area contributed by atoms with Crippen LogP contribution in [0.15, 0.2) is 36.5 Å². The van der Waals surface area contributed by atoms with Gasteiger partial charge in [0.05, 0.1) is 97.7 Å². The molecule has 2 aliphatic rings. The molecule has 0 aromatic heterocycles. The first-order valence-electron chi connectivity index (χ1n) is 16.7. The quantitative estimate of drug-likeness (QED) is 0.0439. The van der Waals surface area contributed by atoms with Gasteiger partial charge in [-0.1, -0.05) is 26.7 Å². The van der Waals surface area contributed by atoms with E-state index in [2.05, 4.69) is 33.8 Å². The molecule has 292 valence electrons. The minimum atomic E-state index is -1.63. The summed E-state index contributed by atoms with van der Waals surface area (Å²) in [5, 5.41) is 0. The summed E-state index contributed by atoms with van der Waals surface area (Å²) < 4.78 is 134. The topological polar surface area (TPSA) is 55.4 Å². The van der Waals surface area contributed by atoms with E-state index in [4.69, 9.17) is 18.9 Å². The van der Waals surface area contributed by atoms with E-state index >= 15 is 0 Å². The van der Waals surface area contributed by atoms with Crippen molar-refractivity contribution in [3.63, 3.8) is 0 Å². The number of benzene rings is 2. The van der Waals surface area contributed by atoms with Gasteiger partial charge < -0.3 is 28.4 Å². The van der Waals surface area contributed by atoms with E-state index in [1.807, 2.05) is 38.2 Å². The minimum absolute atomic E-state index is 0. The zero-order valence-corrected chi connectivity index (χ0v) is 31.3. The van der Waals surface area contributed by atoms with E-state index in [9.17, 15) is 35.1 Å². The van der Waals surface area contributed by atoms with Gasteiger partial charge >= 0.3 is 21.7 Å². The van der Waals surface area contributed by atoms with Gasteiger partial charge in [0.2, 0.25) is 0 Å². The number of allylic oxidation sites excluding steroid dienone is 8. The predicted molar refractivity (Wildman–Crippen MR) is 177 cm³/mol. The molecule has 0 N–H and O–H groups in total. The van der Waals surface area contributed by atoms with Crippen molar-refractivity contribution in [2.24, 2.45) is 0 Å². The van der Waals surface area contributed by atoms with Crippen LogP contribution in [0.2, 0.25) is 0 Å². The van der Waals surface area contributed by atoms with Crippen molar-refractivity contribution in [2.45, 2.75) is 52.4 Å². The Morgan fingerprint density at radius 1 is 0.472 bits per heavy atom. The molecule has 2 aromatic rings. The standard InChI is InChI=1S/2C14H17F4O3.2C5H5.Ti/c2*1-2-3-4-19-5-6-20-7-8-21-14-12(17)10(15)9-11(16)13(14)18;2*1-2-4-5-3-1;/h2*2-8H2,1H3;2*1-3H,4H2;/q4*-1;+4. The number of hydrogen-bond acceptors (Lipinski definition) is 6. The largest absolute Gasteiger partial charge is 4.00 e. The molecule has 0 fully saturated rings. The average molecular weight is 797 g/mol. The molecule has 6 nitrogen and oxygen atoms in total. The normalized spacial score (nSPS) is 12.0. The van der Waals surface area contributed by atoms with Crippen molar-refractivity contribution >= 4 is 0 Å². The van der Waals surface area contributed by atoms with E-state index in [0.29, 0.717) is 39.6 Å². The SMILES string of the molecule is CCCCOCCOCCOc1c(F)c(F)[c-]c(F)c1F.CCCCOCCOCCOc1c(F)c(F)[c-]c(F)c1F.[C-]1=CC=CC1.[C-]1=CC=CC1.[Ti+4]. The first-order valence-corrected chi connectivity index (χ1v) is 16.7. The number of hydrogen-bond donors (Lipinski definition) is 0. The van der Waals surface area contributed by atoms with E-state index in [0.717, 1.165) is 38.5 Å². The molecule has 0 aliphatic heterocycles. The van der Waals surface area contributed by atoms with Crippen LogP contribution in [0.25, 0.3) is 0 Å². The van der Waals surface area contributed by atoms with Gasteiger partial charge in [0.15, 0.2) is 0 Å². The number of unbranched alkanes of at least 4 members (excludes halogenated alkanes) is 2. The summed E-state index contributed by atoms with van der Waals surface area (Å²) in [5.74, 6) is -15.2. The molecule has 0 spiro atoms. The Kier molecular flexibility index (Phi) is 30.6. The summed E-state index contributed by atoms with van der Waals surface area (Å²) >= 11 is 0. The Morgan fingerprint density at radius 3 is 1.02 bits per heavy atom. The van der Waals surface area contributed by atoms with Gasteiger partial charge in [-0.05, 0) is 12.8 Å². The molecule has 15 heteroatoms. The Bertz CT molecular complexity index is 1220. The second-order valence-corrected chi connectivity index (χ2v) is 10.3. The first-order chi connectivity index (χ1) is 25.1. The molecule has 2 aliphatic carbocycles. The van der Waals surface area contributed by atoms with Crippen LogP contribution in [0, 0.1) is 70.8 Å². The van der Waals surface area contributed by atoms with Gasteiger partial charge in [0.25, 0.3) is 0 Å². The van der Waals surface area contributed by atoms with Crippen LogP contribution in [0.5, 0.6) is 11.5 Å². The molecule has 0 amide bonds. The maximum absolute atomic E-state index is 13.2. The summed E-state index contributed by atoms with van der Waals surface area (Å²) in [6.45, 7) is 6.29. The Balaban J connectivity index is 0.000000791. The van der Waals surface area contributed by atoms with Gasteiger partial charge in [-0.3, -0.25) is 29.7 Å². The summed E-state index contributed by atoms with van der Waals surface area (Å²) in [4.78, 5) is 0. The smallest absolute Gasteiger partial charge is 0.511 e. The second-order valence-electron chi connectivity index (χ2n) is 10.3. The summed E-state index contributed by atoms with van der Waals surface area (Å²) in [6.07, 6.45) is 24.0. The van der Waals surface area contributed by atoms with Gasteiger partial charge in [-0.2, -0.15) is 12.2 Å². The fourth-order valence-corrected chi connectivity index (χ4v) is 3.48. The Hall–Kier alpha value is -3.01. The van der Waals surface area contributed by atoms with Gasteiger partial charge in [-0.25, -0.2) is 41.9 Å². The first kappa shape index (κ1) is 50.0. The van der Waals surface area contributed by atoms with Crippen LogP contribution in [0.1, 0.15) is 52.4 Å². The van der Waals surface area contributed by atoms with Crippen molar-refractivity contribution in [1.82, 2.24) is 0 Å². The van der Waals surface area contributed by atoms with Crippen LogP contribution in [0.4, 0.5) is 35.1 Å². The maximum Gasteiger partial charge on any atom is 4.00 e. The Morgan fingerprint density at radius 2 is 0.774 bits per heavy atom. The summed E-state index contributed by atoms with van der Waals surface area (Å²) in [7, 11) is 0. The van der Waals surface area contributed by atoms with Crippen LogP contribution in [0.3, 0.4) is 0 Å². The second kappa shape index (κ2) is 32.4. The zero-order chi connectivity index (χ0) is 38.4. The number of ether oxygens (including phenoxy) is 6. The molecule has 53 heavy (non-hydrogen) atoms. The molecule has 2 aromatic carbocycles. The predicted octanol–water partition coefficient (Wildman–Crippen LogP) is 9.12. The van der Waals surface area contributed by atoms with Crippen LogP contribution >= 0.6 is 0 Å².